The van der Waals surface area contributed by atoms with Crippen LogP contribution < -0.4 is 10.6 Å². The molecule has 0 saturated carbocycles. The Balaban J connectivity index is 2.74. The lowest BCUT2D eigenvalue weighted by atomic mass is 10.0. The molecule has 0 fully saturated rings. The summed E-state index contributed by atoms with van der Waals surface area (Å²) in [6.07, 6.45) is 2.88. The largest absolute Gasteiger partial charge is 0.335 e. The molecule has 0 aromatic carbocycles. The first-order valence-corrected chi connectivity index (χ1v) is 8.36. The molecule has 20 heavy (non-hydrogen) atoms. The Hall–Kier alpha value is -1.17. The van der Waals surface area contributed by atoms with Crippen molar-refractivity contribution in [3.63, 3.8) is 0 Å². The highest BCUT2D eigenvalue weighted by atomic mass is 32.2. The lowest BCUT2D eigenvalue weighted by molar-refractivity contribution is 0.234. The first-order valence-electron chi connectivity index (χ1n) is 6.96. The van der Waals surface area contributed by atoms with Gasteiger partial charge in [-0.2, -0.15) is 16.9 Å². The van der Waals surface area contributed by atoms with Gasteiger partial charge in [0.1, 0.15) is 0 Å². The van der Waals surface area contributed by atoms with Gasteiger partial charge in [0.05, 0.1) is 11.7 Å². The summed E-state index contributed by atoms with van der Waals surface area (Å²) in [7, 11) is 1.93. The molecule has 0 saturated heterocycles. The number of rotatable bonds is 6. The Bertz CT molecular complexity index is 458. The lowest BCUT2D eigenvalue weighted by Gasteiger charge is -2.20. The van der Waals surface area contributed by atoms with Gasteiger partial charge >= 0.3 is 6.03 Å². The summed E-state index contributed by atoms with van der Waals surface area (Å²) in [6.45, 7) is 8.11. The fourth-order valence-electron chi connectivity index (χ4n) is 2.39. The molecule has 0 bridgehead atoms. The summed E-state index contributed by atoms with van der Waals surface area (Å²) < 4.78 is 1.86. The summed E-state index contributed by atoms with van der Waals surface area (Å²) >= 11 is 1.73. The molecule has 1 aromatic heterocycles. The van der Waals surface area contributed by atoms with E-state index in [1.807, 2.05) is 38.8 Å². The van der Waals surface area contributed by atoms with Crippen molar-refractivity contribution in [3.05, 3.63) is 17.0 Å². The number of thioether (sulfide) groups is 1. The van der Waals surface area contributed by atoms with E-state index in [0.717, 1.165) is 29.1 Å². The highest BCUT2D eigenvalue weighted by Gasteiger charge is 2.20. The van der Waals surface area contributed by atoms with Crippen molar-refractivity contribution in [2.24, 2.45) is 7.05 Å². The summed E-state index contributed by atoms with van der Waals surface area (Å²) in [6, 6.07) is 0.0600. The lowest BCUT2D eigenvalue weighted by Crippen LogP contribution is -2.43. The molecule has 1 rings (SSSR count). The number of aromatic nitrogens is 2. The van der Waals surface area contributed by atoms with E-state index in [9.17, 15) is 4.79 Å². The van der Waals surface area contributed by atoms with Crippen LogP contribution in [0.2, 0.25) is 0 Å². The van der Waals surface area contributed by atoms with Crippen molar-refractivity contribution >= 4 is 17.8 Å². The van der Waals surface area contributed by atoms with Crippen LogP contribution in [-0.4, -0.2) is 33.9 Å². The number of carbonyl (C=O) groups is 1. The van der Waals surface area contributed by atoms with Gasteiger partial charge in [0, 0.05) is 30.1 Å². The van der Waals surface area contributed by atoms with Crippen LogP contribution >= 0.6 is 11.8 Å². The first-order chi connectivity index (χ1) is 9.40. The maximum atomic E-state index is 12.0. The van der Waals surface area contributed by atoms with E-state index in [2.05, 4.69) is 22.7 Å². The van der Waals surface area contributed by atoms with Crippen molar-refractivity contribution < 1.29 is 4.79 Å². The van der Waals surface area contributed by atoms with E-state index in [-0.39, 0.29) is 18.1 Å². The van der Waals surface area contributed by atoms with Crippen molar-refractivity contribution in [1.82, 2.24) is 20.4 Å². The SMILES string of the molecule is CC[C@H](NC(=O)N[C@@H](C)CSC)c1c(C)nn(C)c1C. The average molecular weight is 298 g/mol. The zero-order valence-corrected chi connectivity index (χ0v) is 14.1. The molecule has 5 nitrogen and oxygen atoms in total. The van der Waals surface area contributed by atoms with Crippen LogP contribution in [0.5, 0.6) is 0 Å². The Morgan fingerprint density at radius 2 is 2.05 bits per heavy atom. The molecule has 0 radical (unpaired) electrons. The zero-order valence-electron chi connectivity index (χ0n) is 13.3. The maximum absolute atomic E-state index is 12.0. The quantitative estimate of drug-likeness (QED) is 0.848. The molecule has 2 atom stereocenters. The normalized spacial score (nSPS) is 13.9. The smallest absolute Gasteiger partial charge is 0.315 e. The third-order valence-corrected chi connectivity index (χ3v) is 4.25. The van der Waals surface area contributed by atoms with Crippen molar-refractivity contribution in [3.8, 4) is 0 Å². The number of nitrogens with zero attached hydrogens (tertiary/aromatic N) is 2. The number of amides is 2. The van der Waals surface area contributed by atoms with Gasteiger partial charge in [-0.1, -0.05) is 6.92 Å². The van der Waals surface area contributed by atoms with E-state index in [1.165, 1.54) is 0 Å². The highest BCUT2D eigenvalue weighted by molar-refractivity contribution is 7.98. The summed E-state index contributed by atoms with van der Waals surface area (Å²) in [4.78, 5) is 12.0. The average Bonchev–Trinajstić information content (AvgIpc) is 2.61. The van der Waals surface area contributed by atoms with Crippen LogP contribution in [0.1, 0.15) is 43.3 Å². The Labute approximate surface area is 125 Å². The maximum Gasteiger partial charge on any atom is 0.315 e. The molecule has 114 valence electrons. The van der Waals surface area contributed by atoms with Gasteiger partial charge in [0.15, 0.2) is 0 Å². The molecule has 1 heterocycles. The van der Waals surface area contributed by atoms with E-state index < -0.39 is 0 Å². The molecule has 6 heteroatoms. The minimum absolute atomic E-state index is 0.00480. The Morgan fingerprint density at radius 1 is 1.40 bits per heavy atom. The Kier molecular flexibility index (Phi) is 6.39. The van der Waals surface area contributed by atoms with Crippen molar-refractivity contribution in [2.45, 2.75) is 46.2 Å². The van der Waals surface area contributed by atoms with Crippen LogP contribution in [0.3, 0.4) is 0 Å². The zero-order chi connectivity index (χ0) is 15.3. The second-order valence-corrected chi connectivity index (χ2v) is 6.05. The molecule has 1 aromatic rings. The number of hydrogen-bond donors (Lipinski definition) is 2. The number of carbonyl (C=O) groups excluding carboxylic acids is 1. The van der Waals surface area contributed by atoms with Gasteiger partial charge in [-0.3, -0.25) is 4.68 Å². The molecular weight excluding hydrogens is 272 g/mol. The summed E-state index contributed by atoms with van der Waals surface area (Å²) in [5.74, 6) is 0.912. The van der Waals surface area contributed by atoms with Crippen LogP contribution in [0.15, 0.2) is 0 Å². The topological polar surface area (TPSA) is 59.0 Å². The van der Waals surface area contributed by atoms with Gasteiger partial charge < -0.3 is 10.6 Å². The molecular formula is C14H26N4OS. The minimum Gasteiger partial charge on any atom is -0.335 e. The third-order valence-electron chi connectivity index (χ3n) is 3.42. The van der Waals surface area contributed by atoms with E-state index in [4.69, 9.17) is 0 Å². The van der Waals surface area contributed by atoms with E-state index in [0.29, 0.717) is 0 Å². The van der Waals surface area contributed by atoms with E-state index in [1.54, 1.807) is 11.8 Å². The van der Waals surface area contributed by atoms with Crippen LogP contribution in [0.4, 0.5) is 4.79 Å². The van der Waals surface area contributed by atoms with Crippen LogP contribution in [0, 0.1) is 13.8 Å². The highest BCUT2D eigenvalue weighted by Crippen LogP contribution is 2.23. The second-order valence-electron chi connectivity index (χ2n) is 5.14. The predicted octanol–water partition coefficient (Wildman–Crippen LogP) is 2.54. The number of aryl methyl sites for hydroxylation is 2. The molecule has 0 aliphatic heterocycles. The molecule has 0 aliphatic rings. The van der Waals surface area contributed by atoms with Crippen LogP contribution in [-0.2, 0) is 7.05 Å². The predicted molar refractivity (Wildman–Crippen MR) is 85.2 cm³/mol. The van der Waals surface area contributed by atoms with Crippen LogP contribution in [0.25, 0.3) is 0 Å². The van der Waals surface area contributed by atoms with Gasteiger partial charge in [-0.15, -0.1) is 0 Å². The Morgan fingerprint density at radius 3 is 2.50 bits per heavy atom. The second kappa shape index (κ2) is 7.57. The van der Waals surface area contributed by atoms with Gasteiger partial charge in [0.25, 0.3) is 0 Å². The van der Waals surface area contributed by atoms with Gasteiger partial charge in [-0.05, 0) is 33.4 Å². The van der Waals surface area contributed by atoms with Crippen molar-refractivity contribution in [1.29, 1.82) is 0 Å². The number of urea groups is 1. The monoisotopic (exact) mass is 298 g/mol. The molecule has 0 unspecified atom stereocenters. The van der Waals surface area contributed by atoms with Gasteiger partial charge in [-0.25, -0.2) is 4.79 Å². The fraction of sp³-hybridized carbons (Fsp3) is 0.714. The van der Waals surface area contributed by atoms with E-state index >= 15 is 0 Å². The van der Waals surface area contributed by atoms with Gasteiger partial charge in [0.2, 0.25) is 0 Å². The fourth-order valence-corrected chi connectivity index (χ4v) is 2.97. The number of hydrogen-bond acceptors (Lipinski definition) is 3. The first kappa shape index (κ1) is 16.9. The summed E-state index contributed by atoms with van der Waals surface area (Å²) in [5, 5.41) is 10.4. The standard InChI is InChI=1S/C14H26N4OS/c1-7-12(13-10(3)17-18(5)11(13)4)16-14(19)15-9(2)8-20-6/h9,12H,7-8H2,1-6H3,(H2,15,16,19)/t9-,12-/m0/s1. The van der Waals surface area contributed by atoms with Crippen molar-refractivity contribution in [2.75, 3.05) is 12.0 Å². The molecule has 0 aliphatic carbocycles. The molecule has 2 N–H and O–H groups in total. The minimum atomic E-state index is -0.110. The molecule has 2 amide bonds. The number of nitrogens with one attached hydrogen (secondary N) is 2. The molecule has 0 spiro atoms. The third kappa shape index (κ3) is 4.16. The summed E-state index contributed by atoms with van der Waals surface area (Å²) in [5.41, 5.74) is 3.21.